The molecule has 0 aromatic rings. The normalized spacial score (nSPS) is 27.1. The van der Waals surface area contributed by atoms with Gasteiger partial charge in [-0.2, -0.15) is 0 Å². The van der Waals surface area contributed by atoms with Crippen LogP contribution in [-0.4, -0.2) is 41.3 Å². The molecule has 4 heteroatoms. The minimum atomic E-state index is -0.735. The van der Waals surface area contributed by atoms with Crippen LogP contribution in [-0.2, 0) is 4.79 Å². The van der Waals surface area contributed by atoms with Crippen molar-refractivity contribution in [3.8, 4) is 0 Å². The smallest absolute Gasteiger partial charge is 0.324 e. The summed E-state index contributed by atoms with van der Waals surface area (Å²) >= 11 is 0. The predicted octanol–water partition coefficient (Wildman–Crippen LogP) is 2.07. The largest absolute Gasteiger partial charge is 0.480 e. The predicted molar refractivity (Wildman–Crippen MR) is 56.7 cm³/mol. The van der Waals surface area contributed by atoms with Crippen molar-refractivity contribution in [3.63, 3.8) is 0 Å². The average molecular weight is 217 g/mol. The number of rotatable bonds is 6. The van der Waals surface area contributed by atoms with E-state index in [1.54, 1.807) is 0 Å². The van der Waals surface area contributed by atoms with Gasteiger partial charge in [0.25, 0.3) is 0 Å². The number of carboxylic acid groups (broad SMARTS) is 1. The lowest BCUT2D eigenvalue weighted by Gasteiger charge is -2.34. The number of likely N-dealkylation sites (tertiary alicyclic amines) is 1. The molecule has 0 bridgehead atoms. The van der Waals surface area contributed by atoms with Gasteiger partial charge in [0.05, 0.1) is 6.67 Å². The SMILES string of the molecule is CCCC1(C(=O)O)CCCN1CCCF. The fourth-order valence-electron chi connectivity index (χ4n) is 2.56. The van der Waals surface area contributed by atoms with Gasteiger partial charge in [-0.25, -0.2) is 0 Å². The van der Waals surface area contributed by atoms with Crippen molar-refractivity contribution in [1.29, 1.82) is 0 Å². The van der Waals surface area contributed by atoms with E-state index in [0.717, 1.165) is 19.4 Å². The third-order valence-electron chi connectivity index (χ3n) is 3.25. The van der Waals surface area contributed by atoms with Gasteiger partial charge in [-0.1, -0.05) is 13.3 Å². The Labute approximate surface area is 90.3 Å². The first kappa shape index (κ1) is 12.4. The molecular formula is C11H20FNO2. The highest BCUT2D eigenvalue weighted by Gasteiger charge is 2.46. The standard InChI is InChI=1S/C11H20FNO2/c1-2-5-11(10(14)15)6-3-8-13(11)9-4-7-12/h2-9H2,1H3,(H,14,15). The van der Waals surface area contributed by atoms with Crippen LogP contribution in [0.25, 0.3) is 0 Å². The Kier molecular flexibility index (Phi) is 4.51. The second-order valence-electron chi connectivity index (χ2n) is 4.22. The van der Waals surface area contributed by atoms with Crippen LogP contribution in [0.2, 0.25) is 0 Å². The van der Waals surface area contributed by atoms with Gasteiger partial charge in [0.2, 0.25) is 0 Å². The highest BCUT2D eigenvalue weighted by Crippen LogP contribution is 2.33. The molecule has 0 aliphatic carbocycles. The van der Waals surface area contributed by atoms with Crippen LogP contribution in [0.15, 0.2) is 0 Å². The summed E-state index contributed by atoms with van der Waals surface area (Å²) in [6, 6.07) is 0. The zero-order valence-corrected chi connectivity index (χ0v) is 9.34. The molecule has 88 valence electrons. The zero-order chi connectivity index (χ0) is 11.3. The van der Waals surface area contributed by atoms with Crippen LogP contribution in [0.4, 0.5) is 4.39 Å². The number of alkyl halides is 1. The molecule has 0 aromatic heterocycles. The van der Waals surface area contributed by atoms with Crippen molar-refractivity contribution in [1.82, 2.24) is 4.90 Å². The molecule has 1 aliphatic rings. The van der Waals surface area contributed by atoms with Crippen LogP contribution in [0.1, 0.15) is 39.0 Å². The number of nitrogens with zero attached hydrogens (tertiary/aromatic N) is 1. The van der Waals surface area contributed by atoms with Crippen LogP contribution in [0.5, 0.6) is 0 Å². The Morgan fingerprint density at radius 3 is 2.87 bits per heavy atom. The second-order valence-corrected chi connectivity index (χ2v) is 4.22. The monoisotopic (exact) mass is 217 g/mol. The van der Waals surface area contributed by atoms with Crippen LogP contribution in [0, 0.1) is 0 Å². The fraction of sp³-hybridized carbons (Fsp3) is 0.909. The second kappa shape index (κ2) is 5.45. The van der Waals surface area contributed by atoms with Crippen molar-refractivity contribution < 1.29 is 14.3 Å². The fourth-order valence-corrected chi connectivity index (χ4v) is 2.56. The van der Waals surface area contributed by atoms with Gasteiger partial charge in [-0.05, 0) is 32.2 Å². The molecule has 0 saturated carbocycles. The third-order valence-corrected chi connectivity index (χ3v) is 3.25. The Hall–Kier alpha value is -0.640. The van der Waals surface area contributed by atoms with Gasteiger partial charge < -0.3 is 5.11 Å². The summed E-state index contributed by atoms with van der Waals surface area (Å²) in [5.74, 6) is -0.735. The molecule has 1 heterocycles. The molecule has 1 unspecified atom stereocenters. The van der Waals surface area contributed by atoms with E-state index in [9.17, 15) is 14.3 Å². The summed E-state index contributed by atoms with van der Waals surface area (Å²) in [6.45, 7) is 3.00. The number of hydrogen-bond acceptors (Lipinski definition) is 2. The molecule has 0 radical (unpaired) electrons. The maximum absolute atomic E-state index is 12.1. The number of carboxylic acids is 1. The third kappa shape index (κ3) is 2.48. The van der Waals surface area contributed by atoms with E-state index in [0.29, 0.717) is 25.8 Å². The summed E-state index contributed by atoms with van der Waals surface area (Å²) in [5, 5.41) is 9.33. The van der Waals surface area contributed by atoms with E-state index in [1.165, 1.54) is 0 Å². The van der Waals surface area contributed by atoms with E-state index >= 15 is 0 Å². The minimum Gasteiger partial charge on any atom is -0.480 e. The Morgan fingerprint density at radius 2 is 2.33 bits per heavy atom. The maximum atomic E-state index is 12.1. The number of hydrogen-bond donors (Lipinski definition) is 1. The molecular weight excluding hydrogens is 197 g/mol. The summed E-state index contributed by atoms with van der Waals surface area (Å²) in [4.78, 5) is 13.3. The summed E-state index contributed by atoms with van der Waals surface area (Å²) in [7, 11) is 0. The molecule has 1 aliphatic heterocycles. The first-order chi connectivity index (χ1) is 7.17. The molecule has 1 rings (SSSR count). The van der Waals surface area contributed by atoms with Gasteiger partial charge in [-0.3, -0.25) is 14.1 Å². The maximum Gasteiger partial charge on any atom is 0.324 e. The lowest BCUT2D eigenvalue weighted by molar-refractivity contribution is -0.150. The van der Waals surface area contributed by atoms with E-state index in [4.69, 9.17) is 0 Å². The first-order valence-electron chi connectivity index (χ1n) is 5.72. The Balaban J connectivity index is 2.70. The van der Waals surface area contributed by atoms with Crippen molar-refractivity contribution in [2.45, 2.75) is 44.6 Å². The van der Waals surface area contributed by atoms with Crippen molar-refractivity contribution in [3.05, 3.63) is 0 Å². The van der Waals surface area contributed by atoms with E-state index in [2.05, 4.69) is 0 Å². The van der Waals surface area contributed by atoms with Crippen LogP contribution < -0.4 is 0 Å². The molecule has 0 spiro atoms. The molecule has 0 amide bonds. The van der Waals surface area contributed by atoms with Gasteiger partial charge in [0.1, 0.15) is 5.54 Å². The lowest BCUT2D eigenvalue weighted by atomic mass is 9.90. The van der Waals surface area contributed by atoms with Crippen molar-refractivity contribution in [2.24, 2.45) is 0 Å². The molecule has 15 heavy (non-hydrogen) atoms. The quantitative estimate of drug-likeness (QED) is 0.740. The average Bonchev–Trinajstić information content (AvgIpc) is 2.60. The van der Waals surface area contributed by atoms with Crippen molar-refractivity contribution in [2.75, 3.05) is 19.8 Å². The van der Waals surface area contributed by atoms with Gasteiger partial charge in [0, 0.05) is 6.54 Å². The van der Waals surface area contributed by atoms with E-state index in [1.807, 2.05) is 11.8 Å². The number of halogens is 1. The lowest BCUT2D eigenvalue weighted by Crippen LogP contribution is -2.50. The zero-order valence-electron chi connectivity index (χ0n) is 9.34. The minimum absolute atomic E-state index is 0.363. The molecule has 1 N–H and O–H groups in total. The van der Waals surface area contributed by atoms with Crippen LogP contribution >= 0.6 is 0 Å². The molecule has 1 atom stereocenters. The molecule has 0 aromatic carbocycles. The summed E-state index contributed by atoms with van der Waals surface area (Å²) < 4.78 is 12.1. The van der Waals surface area contributed by atoms with E-state index in [-0.39, 0.29) is 6.67 Å². The highest BCUT2D eigenvalue weighted by atomic mass is 19.1. The van der Waals surface area contributed by atoms with Gasteiger partial charge >= 0.3 is 5.97 Å². The molecule has 1 saturated heterocycles. The van der Waals surface area contributed by atoms with E-state index < -0.39 is 11.5 Å². The summed E-state index contributed by atoms with van der Waals surface area (Å²) in [6.07, 6.45) is 3.60. The van der Waals surface area contributed by atoms with Crippen molar-refractivity contribution >= 4 is 5.97 Å². The van der Waals surface area contributed by atoms with Gasteiger partial charge in [-0.15, -0.1) is 0 Å². The Morgan fingerprint density at radius 1 is 1.60 bits per heavy atom. The molecule has 1 fully saturated rings. The van der Waals surface area contributed by atoms with Crippen LogP contribution in [0.3, 0.4) is 0 Å². The number of aliphatic carboxylic acids is 1. The summed E-state index contributed by atoms with van der Waals surface area (Å²) in [5.41, 5.74) is -0.704. The topological polar surface area (TPSA) is 40.5 Å². The van der Waals surface area contributed by atoms with Gasteiger partial charge in [0.15, 0.2) is 0 Å². The molecule has 3 nitrogen and oxygen atoms in total. The first-order valence-corrected chi connectivity index (χ1v) is 5.72. The number of carbonyl (C=O) groups is 1. The highest BCUT2D eigenvalue weighted by molar-refractivity contribution is 5.79. The Bertz CT molecular complexity index is 223.